The first-order valence-electron chi connectivity index (χ1n) is 8.60. The molecule has 134 valence electrons. The van der Waals surface area contributed by atoms with E-state index in [1.54, 1.807) is 6.92 Å². The van der Waals surface area contributed by atoms with Crippen LogP contribution in [0.4, 0.5) is 4.79 Å². The predicted molar refractivity (Wildman–Crippen MR) is 95.6 cm³/mol. The molecule has 25 heavy (non-hydrogen) atoms. The third-order valence-electron chi connectivity index (χ3n) is 4.94. The molecule has 2 fully saturated rings. The average molecular weight is 361 g/mol. The first-order chi connectivity index (χ1) is 11.9. The molecule has 1 aromatic carbocycles. The molecule has 1 saturated carbocycles. The lowest BCUT2D eigenvalue weighted by Gasteiger charge is -2.33. The summed E-state index contributed by atoms with van der Waals surface area (Å²) >= 11 is 1.38. The first-order valence-corrected chi connectivity index (χ1v) is 9.48. The molecule has 1 saturated heterocycles. The minimum absolute atomic E-state index is 0.338. The summed E-state index contributed by atoms with van der Waals surface area (Å²) in [4.78, 5) is 38.3. The molecule has 0 radical (unpaired) electrons. The van der Waals surface area contributed by atoms with Gasteiger partial charge in [0.15, 0.2) is 0 Å². The van der Waals surface area contributed by atoms with E-state index in [0.717, 1.165) is 22.7 Å². The lowest BCUT2D eigenvalue weighted by Crippen LogP contribution is -2.52. The molecule has 0 aromatic heterocycles. The number of hydrogen-bond acceptors (Lipinski definition) is 4. The van der Waals surface area contributed by atoms with Gasteiger partial charge in [0.05, 0.1) is 5.25 Å². The highest BCUT2D eigenvalue weighted by Gasteiger charge is 2.53. The molecule has 3 rings (SSSR count). The van der Waals surface area contributed by atoms with Gasteiger partial charge in [-0.3, -0.25) is 15.0 Å². The van der Waals surface area contributed by atoms with E-state index < -0.39 is 16.8 Å². The minimum atomic E-state index is -0.841. The fourth-order valence-corrected chi connectivity index (χ4v) is 4.16. The Hall–Kier alpha value is -2.02. The van der Waals surface area contributed by atoms with Crippen LogP contribution in [0.25, 0.3) is 0 Å². The van der Waals surface area contributed by atoms with Gasteiger partial charge in [-0.05, 0) is 50.7 Å². The number of rotatable bonds is 4. The third-order valence-corrected chi connectivity index (χ3v) is 6.05. The Bertz CT molecular complexity index is 671. The maximum atomic E-state index is 12.7. The van der Waals surface area contributed by atoms with Gasteiger partial charge in [0, 0.05) is 4.90 Å². The number of thioether (sulfide) groups is 1. The van der Waals surface area contributed by atoms with Gasteiger partial charge < -0.3 is 5.32 Å². The number of hydrogen-bond donors (Lipinski definition) is 2. The van der Waals surface area contributed by atoms with Crippen LogP contribution in [0.2, 0.25) is 0 Å². The fourth-order valence-electron chi connectivity index (χ4n) is 3.27. The van der Waals surface area contributed by atoms with E-state index in [0.29, 0.717) is 18.8 Å². The molecule has 1 aliphatic carbocycles. The van der Waals surface area contributed by atoms with E-state index in [1.165, 1.54) is 11.8 Å². The molecule has 2 N–H and O–H groups in total. The van der Waals surface area contributed by atoms with Crippen LogP contribution in [-0.4, -0.2) is 33.6 Å². The summed E-state index contributed by atoms with van der Waals surface area (Å²) < 4.78 is 0. The minimum Gasteiger partial charge on any atom is -0.322 e. The molecule has 1 heterocycles. The summed E-state index contributed by atoms with van der Waals surface area (Å²) in [5, 5.41) is 3.24. The van der Waals surface area contributed by atoms with Crippen molar-refractivity contribution in [3.05, 3.63) is 30.3 Å². The van der Waals surface area contributed by atoms with Gasteiger partial charge in [-0.2, -0.15) is 5.01 Å². The van der Waals surface area contributed by atoms with Gasteiger partial charge in [-0.1, -0.05) is 25.1 Å². The van der Waals surface area contributed by atoms with Gasteiger partial charge in [-0.25, -0.2) is 4.79 Å². The summed E-state index contributed by atoms with van der Waals surface area (Å²) in [7, 11) is 0. The molecule has 2 aliphatic rings. The summed E-state index contributed by atoms with van der Waals surface area (Å²) in [6.07, 6.45) is 3.04. The third kappa shape index (κ3) is 3.66. The first kappa shape index (κ1) is 17.8. The van der Waals surface area contributed by atoms with Crippen molar-refractivity contribution in [2.75, 3.05) is 0 Å². The van der Waals surface area contributed by atoms with E-state index >= 15 is 0 Å². The molecule has 1 aromatic rings. The van der Waals surface area contributed by atoms with Crippen molar-refractivity contribution >= 4 is 29.6 Å². The van der Waals surface area contributed by atoms with Crippen LogP contribution in [0.1, 0.15) is 39.5 Å². The highest BCUT2D eigenvalue weighted by atomic mass is 32.2. The van der Waals surface area contributed by atoms with Crippen molar-refractivity contribution in [1.82, 2.24) is 15.8 Å². The SMILES string of the molecule is CC1CCC2(CC1)NC(=O)N(NC(=O)[C@@H](C)Sc1ccccc1)C2=O. The number of hydrazine groups is 1. The molecular weight excluding hydrogens is 338 g/mol. The second kappa shape index (κ2) is 7.07. The van der Waals surface area contributed by atoms with Crippen molar-refractivity contribution in [1.29, 1.82) is 0 Å². The maximum Gasteiger partial charge on any atom is 0.344 e. The zero-order valence-corrected chi connectivity index (χ0v) is 15.3. The fraction of sp³-hybridized carbons (Fsp3) is 0.500. The molecule has 1 atom stereocenters. The van der Waals surface area contributed by atoms with E-state index in [-0.39, 0.29) is 11.8 Å². The van der Waals surface area contributed by atoms with Crippen LogP contribution >= 0.6 is 11.8 Å². The number of carbonyl (C=O) groups is 3. The van der Waals surface area contributed by atoms with Crippen LogP contribution in [0.3, 0.4) is 0 Å². The maximum absolute atomic E-state index is 12.7. The Labute approximate surface area is 151 Å². The van der Waals surface area contributed by atoms with Crippen molar-refractivity contribution in [2.24, 2.45) is 5.92 Å². The molecule has 4 amide bonds. The molecule has 1 aliphatic heterocycles. The molecule has 0 unspecified atom stereocenters. The average Bonchev–Trinajstić information content (AvgIpc) is 2.83. The van der Waals surface area contributed by atoms with E-state index in [9.17, 15) is 14.4 Å². The molecule has 1 spiro atoms. The van der Waals surface area contributed by atoms with Crippen molar-refractivity contribution in [3.8, 4) is 0 Å². The van der Waals surface area contributed by atoms with Crippen molar-refractivity contribution in [2.45, 2.75) is 55.2 Å². The number of amides is 4. The van der Waals surface area contributed by atoms with Crippen LogP contribution in [0, 0.1) is 5.92 Å². The number of benzene rings is 1. The zero-order chi connectivity index (χ0) is 18.0. The van der Waals surface area contributed by atoms with Crippen molar-refractivity contribution in [3.63, 3.8) is 0 Å². The van der Waals surface area contributed by atoms with E-state index in [2.05, 4.69) is 17.7 Å². The number of nitrogens with one attached hydrogen (secondary N) is 2. The number of carbonyl (C=O) groups excluding carboxylic acids is 3. The molecule has 6 nitrogen and oxygen atoms in total. The number of imide groups is 1. The van der Waals surface area contributed by atoms with Crippen LogP contribution in [0.5, 0.6) is 0 Å². The summed E-state index contributed by atoms with van der Waals surface area (Å²) in [5.41, 5.74) is 1.65. The van der Waals surface area contributed by atoms with E-state index in [4.69, 9.17) is 0 Å². The topological polar surface area (TPSA) is 78.5 Å². The predicted octanol–water partition coefficient (Wildman–Crippen LogP) is 2.70. The Morgan fingerprint density at radius 2 is 1.92 bits per heavy atom. The monoisotopic (exact) mass is 361 g/mol. The molecule has 7 heteroatoms. The largest absolute Gasteiger partial charge is 0.344 e. The van der Waals surface area contributed by atoms with Gasteiger partial charge in [0.2, 0.25) is 0 Å². The molecular formula is C18H23N3O3S. The normalized spacial score (nSPS) is 27.3. The lowest BCUT2D eigenvalue weighted by molar-refractivity contribution is -0.139. The Balaban J connectivity index is 1.63. The number of nitrogens with zero attached hydrogens (tertiary/aromatic N) is 1. The highest BCUT2D eigenvalue weighted by molar-refractivity contribution is 8.00. The zero-order valence-electron chi connectivity index (χ0n) is 14.5. The van der Waals surface area contributed by atoms with Crippen molar-refractivity contribution < 1.29 is 14.4 Å². The van der Waals surface area contributed by atoms with Gasteiger partial charge in [-0.15, -0.1) is 11.8 Å². The van der Waals surface area contributed by atoms with Gasteiger partial charge in [0.1, 0.15) is 5.54 Å². The Morgan fingerprint density at radius 1 is 1.28 bits per heavy atom. The number of urea groups is 1. The second-order valence-corrected chi connectivity index (χ2v) is 8.30. The van der Waals surface area contributed by atoms with Gasteiger partial charge >= 0.3 is 6.03 Å². The van der Waals surface area contributed by atoms with Crippen LogP contribution < -0.4 is 10.7 Å². The van der Waals surface area contributed by atoms with Crippen LogP contribution in [0.15, 0.2) is 35.2 Å². The smallest absolute Gasteiger partial charge is 0.322 e. The quantitative estimate of drug-likeness (QED) is 0.638. The lowest BCUT2D eigenvalue weighted by atomic mass is 9.77. The molecule has 0 bridgehead atoms. The highest BCUT2D eigenvalue weighted by Crippen LogP contribution is 2.35. The van der Waals surface area contributed by atoms with Crippen LogP contribution in [-0.2, 0) is 9.59 Å². The summed E-state index contributed by atoms with van der Waals surface area (Å²) in [6.45, 7) is 3.90. The summed E-state index contributed by atoms with van der Waals surface area (Å²) in [6, 6.07) is 9.01. The Morgan fingerprint density at radius 3 is 2.56 bits per heavy atom. The standard InChI is InChI=1S/C18H23N3O3S/c1-12-8-10-18(11-9-12)16(23)21(17(24)19-18)20-15(22)13(2)25-14-6-4-3-5-7-14/h3-7,12-13H,8-11H2,1-2H3,(H,19,24)(H,20,22)/t12?,13-,18?/m1/s1. The summed E-state index contributed by atoms with van der Waals surface area (Å²) in [5.74, 6) is -0.144. The van der Waals surface area contributed by atoms with E-state index in [1.807, 2.05) is 30.3 Å². The Kier molecular flexibility index (Phi) is 5.03. The second-order valence-electron chi connectivity index (χ2n) is 6.88. The van der Waals surface area contributed by atoms with Gasteiger partial charge in [0.25, 0.3) is 11.8 Å².